The molecule has 0 saturated carbocycles. The lowest BCUT2D eigenvalue weighted by Crippen LogP contribution is -2.36. The minimum atomic E-state index is -0.745. The molecular weight excluding hydrogens is 713 g/mol. The first-order chi connectivity index (χ1) is 25.8. The topological polar surface area (TPSA) is 91.0 Å². The van der Waals surface area contributed by atoms with Crippen molar-refractivity contribution in [1.82, 2.24) is 9.80 Å². The van der Waals surface area contributed by atoms with Crippen LogP contribution in [-0.4, -0.2) is 64.8 Å². The second-order valence-electron chi connectivity index (χ2n) is 18.1. The van der Waals surface area contributed by atoms with E-state index < -0.39 is 5.79 Å². The average molecular weight is 761 g/mol. The molecule has 7 aliphatic rings. The number of fused-ring (bicyclic) bond motifs is 8. The molecule has 1 unspecified atom stereocenters. The van der Waals surface area contributed by atoms with Crippen molar-refractivity contribution < 1.29 is 18.9 Å². The summed E-state index contributed by atoms with van der Waals surface area (Å²) in [5, 5.41) is 20.9. The van der Waals surface area contributed by atoms with Crippen LogP contribution in [0.1, 0.15) is 110 Å². The first-order valence-corrected chi connectivity index (χ1v) is 21.9. The zero-order valence-corrected chi connectivity index (χ0v) is 33.9. The molecule has 4 aliphatic heterocycles. The number of rotatable bonds is 4. The number of hydrogen-bond donors (Lipinski definition) is 0. The predicted molar refractivity (Wildman–Crippen MR) is 213 cm³/mol. The van der Waals surface area contributed by atoms with Gasteiger partial charge < -0.3 is 18.9 Å². The normalized spacial score (nSPS) is 24.9. The van der Waals surface area contributed by atoms with Gasteiger partial charge >= 0.3 is 0 Å². The van der Waals surface area contributed by atoms with Gasteiger partial charge in [-0.3, -0.25) is 9.80 Å². The highest BCUT2D eigenvalue weighted by Gasteiger charge is 2.60. The van der Waals surface area contributed by atoms with Crippen LogP contribution in [0.4, 0.5) is 0 Å². The van der Waals surface area contributed by atoms with Gasteiger partial charge in [0, 0.05) is 92.7 Å². The number of nitrogens with zero attached hydrogens (tertiary/aromatic N) is 4. The van der Waals surface area contributed by atoms with Crippen LogP contribution >= 0.6 is 23.5 Å². The molecule has 0 N–H and O–H groups in total. The first kappa shape index (κ1) is 34.9. The summed E-state index contributed by atoms with van der Waals surface area (Å²) in [5.41, 5.74) is 10.1. The molecule has 0 aromatic heterocycles. The lowest BCUT2D eigenvalue weighted by atomic mass is 9.70. The largest absolute Gasteiger partial charge is 0.449 e. The fourth-order valence-electron chi connectivity index (χ4n) is 11.0. The van der Waals surface area contributed by atoms with Crippen LogP contribution in [0.5, 0.6) is 34.5 Å². The predicted octanol–water partition coefficient (Wildman–Crippen LogP) is 8.68. The Hall–Kier alpha value is -3.54. The third-order valence-corrected chi connectivity index (χ3v) is 15.0. The van der Waals surface area contributed by atoms with Crippen molar-refractivity contribution in [2.45, 2.75) is 102 Å². The number of thioether (sulfide) groups is 2. The molecule has 2 saturated heterocycles. The van der Waals surface area contributed by atoms with E-state index >= 15 is 0 Å². The van der Waals surface area contributed by atoms with Gasteiger partial charge in [0.25, 0.3) is 0 Å². The monoisotopic (exact) mass is 760 g/mol. The van der Waals surface area contributed by atoms with E-state index in [0.717, 1.165) is 116 Å². The summed E-state index contributed by atoms with van der Waals surface area (Å²) >= 11 is 4.05. The van der Waals surface area contributed by atoms with Crippen molar-refractivity contribution >= 4 is 23.5 Å². The van der Waals surface area contributed by atoms with E-state index in [2.05, 4.69) is 61.8 Å². The minimum absolute atomic E-state index is 0.137. The molecule has 1 spiro atoms. The van der Waals surface area contributed by atoms with Crippen molar-refractivity contribution in [2.24, 2.45) is 0 Å². The summed E-state index contributed by atoms with van der Waals surface area (Å²) in [6, 6.07) is 9.41. The van der Waals surface area contributed by atoms with Crippen molar-refractivity contribution in [3.63, 3.8) is 0 Å². The summed E-state index contributed by atoms with van der Waals surface area (Å²) in [6.45, 7) is 19.3. The Morgan fingerprint density at radius 2 is 1.11 bits per heavy atom. The molecule has 0 bridgehead atoms. The molecule has 10 heteroatoms. The van der Waals surface area contributed by atoms with Gasteiger partial charge in [0.1, 0.15) is 23.3 Å². The van der Waals surface area contributed by atoms with Crippen LogP contribution < -0.4 is 18.9 Å². The highest BCUT2D eigenvalue weighted by atomic mass is 32.2. The molecule has 280 valence electrons. The van der Waals surface area contributed by atoms with Gasteiger partial charge in [-0.05, 0) is 82.0 Å². The summed E-state index contributed by atoms with van der Waals surface area (Å²) in [6.07, 6.45) is 3.44. The van der Waals surface area contributed by atoms with E-state index in [1.807, 2.05) is 37.4 Å². The van der Waals surface area contributed by atoms with Crippen LogP contribution in [0, 0.1) is 22.7 Å². The third kappa shape index (κ3) is 5.02. The summed E-state index contributed by atoms with van der Waals surface area (Å²) in [5.74, 6) is 7.65. The third-order valence-electron chi connectivity index (χ3n) is 13.2. The number of nitriles is 2. The Balaban J connectivity index is 1.24. The number of benzene rings is 3. The highest BCUT2D eigenvalue weighted by Crippen LogP contribution is 2.69. The van der Waals surface area contributed by atoms with E-state index in [4.69, 9.17) is 18.9 Å². The molecule has 4 heterocycles. The smallest absolute Gasteiger partial charge is 0.246 e. The van der Waals surface area contributed by atoms with Gasteiger partial charge in [-0.2, -0.15) is 34.0 Å². The van der Waals surface area contributed by atoms with Gasteiger partial charge in [-0.15, -0.1) is 0 Å². The maximum Gasteiger partial charge on any atom is 0.246 e. The van der Waals surface area contributed by atoms with Crippen molar-refractivity contribution in [2.75, 3.05) is 49.2 Å². The second-order valence-corrected chi connectivity index (χ2v) is 20.5. The van der Waals surface area contributed by atoms with Crippen molar-refractivity contribution in [3.05, 3.63) is 67.8 Å². The molecule has 54 heavy (non-hydrogen) atoms. The summed E-state index contributed by atoms with van der Waals surface area (Å²) < 4.78 is 27.3. The van der Waals surface area contributed by atoms with Gasteiger partial charge in [-0.1, -0.05) is 27.7 Å². The van der Waals surface area contributed by atoms with Crippen LogP contribution in [0.15, 0.2) is 12.1 Å². The Labute approximate surface area is 327 Å². The van der Waals surface area contributed by atoms with Crippen molar-refractivity contribution in [3.8, 4) is 46.6 Å². The fourth-order valence-corrected chi connectivity index (χ4v) is 13.0. The van der Waals surface area contributed by atoms with Crippen LogP contribution in [-0.2, 0) is 42.2 Å². The maximum atomic E-state index is 10.5. The van der Waals surface area contributed by atoms with Crippen LogP contribution in [0.2, 0.25) is 0 Å². The number of hydrogen-bond acceptors (Lipinski definition) is 10. The molecule has 0 amide bonds. The Kier molecular flexibility index (Phi) is 7.75. The molecule has 1 atom stereocenters. The quantitative estimate of drug-likeness (QED) is 0.201. The molecular formula is C44H48N4O4S2. The van der Waals surface area contributed by atoms with E-state index in [1.54, 1.807) is 0 Å². The zero-order chi connectivity index (χ0) is 37.4. The number of ether oxygens (including phenoxy) is 4. The fraction of sp³-hybridized carbons (Fsp3) is 0.545. The average Bonchev–Trinajstić information content (AvgIpc) is 3.65. The molecule has 3 aliphatic carbocycles. The molecule has 3 aromatic rings. The summed E-state index contributed by atoms with van der Waals surface area (Å²) in [4.78, 5) is 5.18. The lowest BCUT2D eigenvalue weighted by molar-refractivity contribution is -0.0437. The Morgan fingerprint density at radius 3 is 1.61 bits per heavy atom. The van der Waals surface area contributed by atoms with E-state index in [0.29, 0.717) is 34.1 Å². The van der Waals surface area contributed by atoms with Crippen LogP contribution in [0.25, 0.3) is 0 Å². The lowest BCUT2D eigenvalue weighted by Gasteiger charge is -2.37. The Morgan fingerprint density at radius 1 is 0.630 bits per heavy atom. The maximum absolute atomic E-state index is 10.5. The van der Waals surface area contributed by atoms with Crippen molar-refractivity contribution in [1.29, 1.82) is 10.5 Å². The molecule has 8 nitrogen and oxygen atoms in total. The highest BCUT2D eigenvalue weighted by molar-refractivity contribution is 7.99. The standard InChI is InChI=1S/C44H48N4O4S2/c1-41(2)23-44(24-42(3,4)32-18-34-38(52-43(5,6)51-34)30(36(32)44)22-48-11-15-54-16-12-48)35-29(21-47-9-13-53-14-10-47)37-33(17-31(35)41)49-39-27(19-45)25-7-8-26(25)28(20-46)40(39)50-37/h17-18H,7-16,21-24H2,1-6H3. The molecule has 10 rings (SSSR count). The van der Waals surface area contributed by atoms with Gasteiger partial charge in [-0.25, -0.2) is 0 Å². The molecule has 2 fully saturated rings. The van der Waals surface area contributed by atoms with E-state index in [1.165, 1.54) is 27.8 Å². The minimum Gasteiger partial charge on any atom is -0.449 e. The molecule has 3 aromatic carbocycles. The molecule has 0 radical (unpaired) electrons. The zero-order valence-electron chi connectivity index (χ0n) is 32.3. The SMILES string of the molecule is CC1(C)Oc2cc3c(c(CN4CCSCC4)c2O1)C1(CC(C)(C)c2cc4c(c(CN5CCSCC5)c21)Oc1c(C#N)c2c(c(C#N)c1O4)CC2)CC3(C)C. The van der Waals surface area contributed by atoms with Crippen LogP contribution in [0.3, 0.4) is 0 Å². The summed E-state index contributed by atoms with van der Waals surface area (Å²) in [7, 11) is 0. The first-order valence-electron chi connectivity index (χ1n) is 19.6. The van der Waals surface area contributed by atoms with Gasteiger partial charge in [0.2, 0.25) is 5.79 Å². The van der Waals surface area contributed by atoms with Gasteiger partial charge in [0.05, 0.1) is 0 Å². The van der Waals surface area contributed by atoms with E-state index in [9.17, 15) is 10.5 Å². The van der Waals surface area contributed by atoms with Gasteiger partial charge in [0.15, 0.2) is 34.5 Å². The van der Waals surface area contributed by atoms with E-state index in [-0.39, 0.29) is 16.2 Å². The second kappa shape index (κ2) is 12.0. The Bertz CT molecular complexity index is 2240.